The first-order valence-electron chi connectivity index (χ1n) is 4.37. The minimum absolute atomic E-state index is 0.0346. The second-order valence-corrected chi connectivity index (χ2v) is 3.03. The highest BCUT2D eigenvalue weighted by Crippen LogP contribution is 2.28. The van der Waals surface area contributed by atoms with E-state index in [2.05, 4.69) is 9.72 Å². The van der Waals surface area contributed by atoms with Crippen LogP contribution in [0.25, 0.3) is 0 Å². The monoisotopic (exact) mass is 236 g/mol. The second kappa shape index (κ2) is 4.56. The summed E-state index contributed by atoms with van der Waals surface area (Å²) in [5.74, 6) is -0.492. The lowest BCUT2D eigenvalue weighted by atomic mass is 10.2. The van der Waals surface area contributed by atoms with Crippen LogP contribution in [0, 0.1) is 6.92 Å². The number of hydrogen-bond acceptors (Lipinski definition) is 4. The Bertz CT molecular complexity index is 380. The summed E-state index contributed by atoms with van der Waals surface area (Å²) in [7, 11) is 1.30. The van der Waals surface area contributed by atoms with E-state index in [0.717, 1.165) is 0 Å². The molecule has 0 aliphatic heterocycles. The zero-order valence-electron chi connectivity index (χ0n) is 8.76. The highest BCUT2D eigenvalue weighted by atomic mass is 19.4. The third-order valence-corrected chi connectivity index (χ3v) is 1.83. The minimum Gasteiger partial charge on any atom is -0.481 e. The molecule has 0 bridgehead atoms. The summed E-state index contributed by atoms with van der Waals surface area (Å²) in [6, 6.07) is 1.45. The molecule has 0 aliphatic rings. The van der Waals surface area contributed by atoms with Gasteiger partial charge in [0, 0.05) is 17.7 Å². The third-order valence-electron chi connectivity index (χ3n) is 1.83. The fourth-order valence-electron chi connectivity index (χ4n) is 1.17. The average molecular weight is 236 g/mol. The van der Waals surface area contributed by atoms with Gasteiger partial charge < -0.3 is 15.2 Å². The standard InChI is InChI=1S/C9H11F3N2O2/c1-5-3-6(4-13)8(15-2)14-7(5)16-9(10,11)12/h3H,4,13H2,1-2H3. The predicted molar refractivity (Wildman–Crippen MR) is 50.1 cm³/mol. The van der Waals surface area contributed by atoms with E-state index in [1.807, 2.05) is 0 Å². The fourth-order valence-corrected chi connectivity index (χ4v) is 1.17. The van der Waals surface area contributed by atoms with Gasteiger partial charge in [-0.15, -0.1) is 13.2 Å². The Morgan fingerprint density at radius 1 is 1.38 bits per heavy atom. The molecular weight excluding hydrogens is 225 g/mol. The first kappa shape index (κ1) is 12.6. The van der Waals surface area contributed by atoms with Gasteiger partial charge in [-0.2, -0.15) is 4.98 Å². The van der Waals surface area contributed by atoms with Crippen LogP contribution in [0.3, 0.4) is 0 Å². The molecule has 90 valence electrons. The lowest BCUT2D eigenvalue weighted by Crippen LogP contribution is -2.19. The zero-order chi connectivity index (χ0) is 12.3. The molecule has 0 saturated heterocycles. The van der Waals surface area contributed by atoms with Crippen molar-refractivity contribution in [3.8, 4) is 11.8 Å². The van der Waals surface area contributed by atoms with E-state index in [4.69, 9.17) is 10.5 Å². The number of aryl methyl sites for hydroxylation is 1. The number of halogens is 3. The SMILES string of the molecule is COc1nc(OC(F)(F)F)c(C)cc1CN. The number of methoxy groups -OCH3 is 1. The third kappa shape index (κ3) is 2.99. The molecule has 0 fully saturated rings. The van der Waals surface area contributed by atoms with Crippen LogP contribution < -0.4 is 15.2 Å². The Hall–Kier alpha value is -1.50. The van der Waals surface area contributed by atoms with Gasteiger partial charge in [0.15, 0.2) is 0 Å². The van der Waals surface area contributed by atoms with Gasteiger partial charge in [0.25, 0.3) is 0 Å². The smallest absolute Gasteiger partial charge is 0.481 e. The van der Waals surface area contributed by atoms with Gasteiger partial charge in [-0.3, -0.25) is 0 Å². The molecule has 0 aliphatic carbocycles. The Morgan fingerprint density at radius 2 is 2.00 bits per heavy atom. The number of pyridine rings is 1. The molecular formula is C9H11F3N2O2. The molecule has 0 saturated carbocycles. The number of rotatable bonds is 3. The highest BCUT2D eigenvalue weighted by molar-refractivity contribution is 5.37. The summed E-state index contributed by atoms with van der Waals surface area (Å²) >= 11 is 0. The van der Waals surface area contributed by atoms with Crippen LogP contribution in [0.5, 0.6) is 11.8 Å². The summed E-state index contributed by atoms with van der Waals surface area (Å²) in [6.07, 6.45) is -4.77. The highest BCUT2D eigenvalue weighted by Gasteiger charge is 2.33. The summed E-state index contributed by atoms with van der Waals surface area (Å²) < 4.78 is 44.6. The van der Waals surface area contributed by atoms with Crippen LogP contribution in [0.4, 0.5) is 13.2 Å². The van der Waals surface area contributed by atoms with E-state index < -0.39 is 12.2 Å². The van der Waals surface area contributed by atoms with Gasteiger partial charge >= 0.3 is 6.36 Å². The molecule has 0 aromatic carbocycles. The van der Waals surface area contributed by atoms with Crippen LogP contribution in [0.15, 0.2) is 6.07 Å². The lowest BCUT2D eigenvalue weighted by Gasteiger charge is -2.13. The first-order valence-corrected chi connectivity index (χ1v) is 4.37. The van der Waals surface area contributed by atoms with Gasteiger partial charge in [-0.1, -0.05) is 0 Å². The number of alkyl halides is 3. The van der Waals surface area contributed by atoms with Crippen molar-refractivity contribution in [2.75, 3.05) is 7.11 Å². The normalized spacial score (nSPS) is 11.4. The van der Waals surface area contributed by atoms with E-state index in [0.29, 0.717) is 5.56 Å². The Morgan fingerprint density at radius 3 is 2.44 bits per heavy atom. The van der Waals surface area contributed by atoms with Gasteiger partial charge in [-0.25, -0.2) is 0 Å². The van der Waals surface area contributed by atoms with E-state index >= 15 is 0 Å². The first-order chi connectivity index (χ1) is 7.37. The summed E-state index contributed by atoms with van der Waals surface area (Å²) in [6.45, 7) is 1.58. The fraction of sp³-hybridized carbons (Fsp3) is 0.444. The van der Waals surface area contributed by atoms with Crippen molar-refractivity contribution in [3.05, 3.63) is 17.2 Å². The van der Waals surface area contributed by atoms with Crippen molar-refractivity contribution < 1.29 is 22.6 Å². The molecule has 1 heterocycles. The average Bonchev–Trinajstić information content (AvgIpc) is 2.18. The Balaban J connectivity index is 3.11. The van der Waals surface area contributed by atoms with E-state index in [9.17, 15) is 13.2 Å². The maximum atomic E-state index is 12.0. The van der Waals surface area contributed by atoms with Crippen LogP contribution >= 0.6 is 0 Å². The molecule has 4 nitrogen and oxygen atoms in total. The van der Waals surface area contributed by atoms with Crippen LogP contribution in [0.1, 0.15) is 11.1 Å². The molecule has 1 rings (SSSR count). The molecule has 0 radical (unpaired) electrons. The van der Waals surface area contributed by atoms with Gasteiger partial charge in [0.1, 0.15) is 0 Å². The van der Waals surface area contributed by atoms with Crippen molar-refractivity contribution in [2.45, 2.75) is 19.8 Å². The molecule has 0 atom stereocenters. The van der Waals surface area contributed by atoms with E-state index in [-0.39, 0.29) is 18.0 Å². The lowest BCUT2D eigenvalue weighted by molar-refractivity contribution is -0.276. The van der Waals surface area contributed by atoms with Crippen molar-refractivity contribution in [2.24, 2.45) is 5.73 Å². The quantitative estimate of drug-likeness (QED) is 0.868. The van der Waals surface area contributed by atoms with E-state index in [1.165, 1.54) is 20.1 Å². The van der Waals surface area contributed by atoms with Crippen molar-refractivity contribution in [1.29, 1.82) is 0 Å². The predicted octanol–water partition coefficient (Wildman–Crippen LogP) is 1.76. The molecule has 0 spiro atoms. The van der Waals surface area contributed by atoms with Crippen molar-refractivity contribution >= 4 is 0 Å². The van der Waals surface area contributed by atoms with Crippen LogP contribution in [-0.4, -0.2) is 18.5 Å². The molecule has 16 heavy (non-hydrogen) atoms. The maximum absolute atomic E-state index is 12.0. The number of ether oxygens (including phenoxy) is 2. The number of hydrogen-bond donors (Lipinski definition) is 1. The minimum atomic E-state index is -4.77. The number of nitrogens with two attached hydrogens (primary N) is 1. The second-order valence-electron chi connectivity index (χ2n) is 3.03. The molecule has 0 unspecified atom stereocenters. The zero-order valence-corrected chi connectivity index (χ0v) is 8.76. The van der Waals surface area contributed by atoms with Gasteiger partial charge in [0.2, 0.25) is 11.8 Å². The van der Waals surface area contributed by atoms with Crippen LogP contribution in [0.2, 0.25) is 0 Å². The molecule has 1 aromatic heterocycles. The van der Waals surface area contributed by atoms with Crippen molar-refractivity contribution in [3.63, 3.8) is 0 Å². The maximum Gasteiger partial charge on any atom is 0.574 e. The van der Waals surface area contributed by atoms with Gasteiger partial charge in [0.05, 0.1) is 7.11 Å². The Labute approximate surface area is 90.2 Å². The molecule has 0 amide bonds. The number of aromatic nitrogens is 1. The molecule has 1 aromatic rings. The summed E-state index contributed by atoms with van der Waals surface area (Å²) in [5, 5.41) is 0. The molecule has 7 heteroatoms. The van der Waals surface area contributed by atoms with Gasteiger partial charge in [-0.05, 0) is 13.0 Å². The number of nitrogens with zero attached hydrogens (tertiary/aromatic N) is 1. The topological polar surface area (TPSA) is 57.4 Å². The summed E-state index contributed by atoms with van der Waals surface area (Å²) in [4.78, 5) is 3.60. The largest absolute Gasteiger partial charge is 0.574 e. The van der Waals surface area contributed by atoms with Crippen molar-refractivity contribution in [1.82, 2.24) is 4.98 Å². The molecule has 2 N–H and O–H groups in total. The summed E-state index contributed by atoms with van der Waals surface area (Å²) in [5.41, 5.74) is 6.16. The van der Waals surface area contributed by atoms with E-state index in [1.54, 1.807) is 0 Å². The Kier molecular flexibility index (Phi) is 3.58. The van der Waals surface area contributed by atoms with Crippen LogP contribution in [-0.2, 0) is 6.54 Å².